The maximum absolute atomic E-state index is 12.7. The maximum atomic E-state index is 12.7. The van der Waals surface area contributed by atoms with E-state index in [2.05, 4.69) is 40.7 Å². The highest BCUT2D eigenvalue weighted by Crippen LogP contribution is 2.76. The quantitative estimate of drug-likeness (QED) is 0.0946. The van der Waals surface area contributed by atoms with Gasteiger partial charge in [0.1, 0.15) is 67.1 Å². The summed E-state index contributed by atoms with van der Waals surface area (Å²) < 4.78 is 36.5. The van der Waals surface area contributed by atoms with Crippen molar-refractivity contribution >= 4 is 0 Å². The molecule has 0 spiro atoms. The number of ether oxygens (including phenoxy) is 6. The first-order valence-electron chi connectivity index (χ1n) is 23.8. The minimum Gasteiger partial charge on any atom is -0.394 e. The van der Waals surface area contributed by atoms with Crippen LogP contribution in [0.2, 0.25) is 0 Å². The van der Waals surface area contributed by atoms with Crippen molar-refractivity contribution in [1.29, 1.82) is 0 Å². The zero-order valence-corrected chi connectivity index (χ0v) is 39.0. The van der Waals surface area contributed by atoms with Crippen LogP contribution in [-0.2, 0) is 28.4 Å². The second-order valence-corrected chi connectivity index (χ2v) is 22.5. The van der Waals surface area contributed by atoms with E-state index in [0.717, 1.165) is 37.7 Å². The van der Waals surface area contributed by atoms with Crippen molar-refractivity contribution in [3.63, 3.8) is 0 Å². The van der Waals surface area contributed by atoms with E-state index in [1.54, 1.807) is 0 Å². The van der Waals surface area contributed by atoms with Crippen LogP contribution in [0.5, 0.6) is 0 Å². The molecule has 370 valence electrons. The summed E-state index contributed by atoms with van der Waals surface area (Å²) in [5.41, 5.74) is -0.948. The molecule has 7 fully saturated rings. The highest BCUT2D eigenvalue weighted by atomic mass is 16.7. The summed E-state index contributed by atoms with van der Waals surface area (Å²) in [5.74, 6) is -0.0478. The summed E-state index contributed by atoms with van der Waals surface area (Å²) in [7, 11) is 0. The Labute approximate surface area is 377 Å². The number of allylic oxidation sites excluding steroid dienone is 2. The Morgan fingerprint density at radius 3 is 1.94 bits per heavy atom. The van der Waals surface area contributed by atoms with Gasteiger partial charge in [-0.2, -0.15) is 0 Å². The minimum absolute atomic E-state index is 0.149. The Morgan fingerprint density at radius 1 is 0.672 bits per heavy atom. The van der Waals surface area contributed by atoms with Crippen molar-refractivity contribution in [1.82, 2.24) is 0 Å². The summed E-state index contributed by atoms with van der Waals surface area (Å²) in [6.07, 6.45) is -12.4. The van der Waals surface area contributed by atoms with Gasteiger partial charge in [0.15, 0.2) is 18.9 Å². The summed E-state index contributed by atoms with van der Waals surface area (Å²) >= 11 is 0. The van der Waals surface area contributed by atoms with Crippen LogP contribution in [0.25, 0.3) is 0 Å². The third-order valence-corrected chi connectivity index (χ3v) is 18.4. The predicted molar refractivity (Wildman–Crippen MR) is 228 cm³/mol. The smallest absolute Gasteiger partial charge is 0.187 e. The summed E-state index contributed by atoms with van der Waals surface area (Å²) in [6, 6.07) is 0. The molecular formula is C47H80O17. The Morgan fingerprint density at radius 2 is 1.28 bits per heavy atom. The molecule has 24 atom stereocenters. The van der Waals surface area contributed by atoms with Crippen LogP contribution < -0.4 is 0 Å². The van der Waals surface area contributed by atoms with Gasteiger partial charge in [-0.25, -0.2) is 0 Å². The van der Waals surface area contributed by atoms with E-state index in [1.165, 1.54) is 0 Å². The van der Waals surface area contributed by atoms with Crippen molar-refractivity contribution in [2.45, 2.75) is 217 Å². The van der Waals surface area contributed by atoms with E-state index < -0.39 is 116 Å². The van der Waals surface area contributed by atoms with E-state index in [0.29, 0.717) is 25.7 Å². The number of aliphatic hydroxyl groups excluding tert-OH is 11. The van der Waals surface area contributed by atoms with Crippen LogP contribution in [0.4, 0.5) is 0 Å². The summed E-state index contributed by atoms with van der Waals surface area (Å²) in [5, 5.41) is 118. The molecule has 0 aromatic heterocycles. The van der Waals surface area contributed by atoms with Gasteiger partial charge in [0.25, 0.3) is 0 Å². The van der Waals surface area contributed by atoms with Gasteiger partial charge in [-0.15, -0.1) is 0 Å². The Kier molecular flexibility index (Phi) is 14.9. The number of hydrogen-bond donors (Lipinski definition) is 11. The number of rotatable bonds is 12. The lowest BCUT2D eigenvalue weighted by Crippen LogP contribution is -2.67. The molecule has 0 aromatic rings. The highest BCUT2D eigenvalue weighted by molar-refractivity contribution is 5.20. The van der Waals surface area contributed by atoms with Gasteiger partial charge in [-0.1, -0.05) is 46.3 Å². The molecule has 0 radical (unpaired) electrons. The molecule has 64 heavy (non-hydrogen) atoms. The second-order valence-electron chi connectivity index (χ2n) is 22.5. The molecule has 0 amide bonds. The van der Waals surface area contributed by atoms with Gasteiger partial charge in [-0.3, -0.25) is 0 Å². The van der Waals surface area contributed by atoms with Gasteiger partial charge in [0.05, 0.1) is 37.6 Å². The average molecular weight is 917 g/mol. The fourth-order valence-electron chi connectivity index (χ4n) is 14.5. The molecule has 11 N–H and O–H groups in total. The fourth-order valence-corrected chi connectivity index (χ4v) is 14.5. The van der Waals surface area contributed by atoms with Crippen molar-refractivity contribution in [2.24, 2.45) is 45.3 Å². The molecule has 17 heteroatoms. The van der Waals surface area contributed by atoms with E-state index in [-0.39, 0.29) is 52.6 Å². The zero-order valence-electron chi connectivity index (χ0n) is 39.0. The molecule has 0 aromatic carbocycles. The Bertz CT molecular complexity index is 1630. The number of hydrogen-bond acceptors (Lipinski definition) is 17. The second kappa shape index (κ2) is 18.8. The molecule has 7 aliphatic rings. The van der Waals surface area contributed by atoms with Crippen molar-refractivity contribution in [3.05, 3.63) is 11.6 Å². The first kappa shape index (κ1) is 50.9. The van der Waals surface area contributed by atoms with Gasteiger partial charge < -0.3 is 84.6 Å². The molecule has 7 rings (SSSR count). The van der Waals surface area contributed by atoms with Crippen LogP contribution in [0, 0.1) is 45.3 Å². The van der Waals surface area contributed by atoms with Gasteiger partial charge >= 0.3 is 0 Å². The van der Waals surface area contributed by atoms with E-state index in [4.69, 9.17) is 28.4 Å². The monoisotopic (exact) mass is 917 g/mol. The molecule has 3 saturated heterocycles. The zero-order chi connectivity index (χ0) is 47.1. The first-order valence-corrected chi connectivity index (χ1v) is 23.8. The van der Waals surface area contributed by atoms with E-state index in [1.807, 2.05) is 20.8 Å². The normalized spacial score (nSPS) is 52.5. The Balaban J connectivity index is 1.11. The van der Waals surface area contributed by atoms with Gasteiger partial charge in [-0.05, 0) is 124 Å². The number of fused-ring (bicyclic) bond motifs is 5. The fraction of sp³-hybridized carbons (Fsp3) is 0.957. The van der Waals surface area contributed by atoms with Crippen molar-refractivity contribution in [2.75, 3.05) is 19.8 Å². The SMILES string of the molecule is CC(C)=CCC[C@](C)(O[C@H]1O[C@@H](CO[C@@H]2OC[C@@H](O)[C@@H](O)[C@@H]2O)[C@H](O)[C@@H](O)[C@@H]1O)[C@@H]1CC[C@]2(C)[C@@H]1[C@H](O)C[C@H]1[C@@]3(C)CC[C@@H](O[C@@H]4O[C@H](CO)[C@@H](O)[C@H](O)[C@@H]4O)C(C)(C)[C@H]3CC[C@]12C. The van der Waals surface area contributed by atoms with Crippen LogP contribution in [0.3, 0.4) is 0 Å². The first-order chi connectivity index (χ1) is 29.9. The predicted octanol–water partition coefficient (Wildman–Crippen LogP) is 0.612. The highest BCUT2D eigenvalue weighted by Gasteiger charge is 2.72. The lowest BCUT2D eigenvalue weighted by atomic mass is 9.35. The third kappa shape index (κ3) is 8.60. The third-order valence-electron chi connectivity index (χ3n) is 18.4. The summed E-state index contributed by atoms with van der Waals surface area (Å²) in [6.45, 7) is 16.3. The molecule has 0 unspecified atom stereocenters. The molecule has 4 saturated carbocycles. The molecular weight excluding hydrogens is 836 g/mol. The molecule has 3 heterocycles. The molecule has 3 aliphatic heterocycles. The van der Waals surface area contributed by atoms with E-state index >= 15 is 0 Å². The summed E-state index contributed by atoms with van der Waals surface area (Å²) in [4.78, 5) is 0. The topological polar surface area (TPSA) is 278 Å². The van der Waals surface area contributed by atoms with Crippen LogP contribution in [-0.4, -0.2) is 180 Å². The van der Waals surface area contributed by atoms with Crippen molar-refractivity contribution < 1.29 is 84.6 Å². The molecule has 0 bridgehead atoms. The molecule has 17 nitrogen and oxygen atoms in total. The van der Waals surface area contributed by atoms with Crippen LogP contribution >= 0.6 is 0 Å². The van der Waals surface area contributed by atoms with Gasteiger partial charge in [0, 0.05) is 0 Å². The van der Waals surface area contributed by atoms with Crippen molar-refractivity contribution in [3.8, 4) is 0 Å². The maximum Gasteiger partial charge on any atom is 0.187 e. The Hall–Kier alpha value is -0.940. The van der Waals surface area contributed by atoms with Crippen LogP contribution in [0.1, 0.15) is 113 Å². The van der Waals surface area contributed by atoms with E-state index in [9.17, 15) is 56.2 Å². The minimum atomic E-state index is -1.68. The average Bonchev–Trinajstić information content (AvgIpc) is 3.62. The number of aliphatic hydroxyl groups is 11. The van der Waals surface area contributed by atoms with Gasteiger partial charge in [0.2, 0.25) is 0 Å². The molecule has 4 aliphatic carbocycles. The lowest BCUT2D eigenvalue weighted by Gasteiger charge is -2.71. The lowest BCUT2D eigenvalue weighted by molar-refractivity contribution is -0.346. The van der Waals surface area contributed by atoms with Crippen LogP contribution in [0.15, 0.2) is 11.6 Å². The standard InChI is InChI=1S/C47H80O17/c1-22(2)10-9-14-47(8,64-42-39(58)36(55)34(53)27(62-42)21-60-40-37(56)32(51)25(50)20-59-40)23-11-16-46(7)31(23)24(49)18-29-44(5)15-13-30(43(3,4)28(44)12-17-45(29,46)6)63-41-38(57)35(54)33(52)26(19-48)61-41/h10,23-42,48-58H,9,11-21H2,1-8H3/t23-,24-,25-,26-,27+,28-,29+,30-,31+,32-,33-,34+,35+,36-,37+,38+,39+,40+,41+,42-,44+,45-,46-,47+/m1/s1. The largest absolute Gasteiger partial charge is 0.394 e.